The molecule has 1 aromatic carbocycles. The molecule has 0 amide bonds. The molecule has 1 unspecified atom stereocenters. The van der Waals surface area contributed by atoms with Crippen molar-refractivity contribution in [2.45, 2.75) is 91.7 Å². The van der Waals surface area contributed by atoms with Crippen molar-refractivity contribution >= 4 is 13.5 Å². The third kappa shape index (κ3) is 6.58. The van der Waals surface area contributed by atoms with Gasteiger partial charge >= 0.3 is 13.5 Å². The van der Waals surface area contributed by atoms with Gasteiger partial charge in [0.25, 0.3) is 0 Å². The smallest absolute Gasteiger partial charge is 0.323 e. The molecule has 6 heteroatoms. The summed E-state index contributed by atoms with van der Waals surface area (Å²) >= 11 is 0. The molecule has 3 atom stereocenters. The van der Waals surface area contributed by atoms with Crippen LogP contribution in [0, 0.1) is 5.92 Å². The predicted molar refractivity (Wildman–Crippen MR) is 119 cm³/mol. The van der Waals surface area contributed by atoms with E-state index in [4.69, 9.17) is 9.26 Å². The summed E-state index contributed by atoms with van der Waals surface area (Å²) in [6.07, 6.45) is 3.29. The fraction of sp³-hybridized carbons (Fsp3) is 0.696. The predicted octanol–water partition coefficient (Wildman–Crippen LogP) is 6.24. The lowest BCUT2D eigenvalue weighted by Gasteiger charge is -2.28. The molecular weight excluding hydrogens is 385 g/mol. The number of esters is 1. The van der Waals surface area contributed by atoms with Crippen LogP contribution >= 0.6 is 7.52 Å². The van der Waals surface area contributed by atoms with Crippen molar-refractivity contribution in [3.63, 3.8) is 0 Å². The molecule has 2 rings (SSSR count). The zero-order chi connectivity index (χ0) is 21.8. The highest BCUT2D eigenvalue weighted by molar-refractivity contribution is 7.57. The minimum Gasteiger partial charge on any atom is -0.462 e. The highest BCUT2D eigenvalue weighted by Crippen LogP contribution is 2.52. The van der Waals surface area contributed by atoms with Gasteiger partial charge in [-0.2, -0.15) is 0 Å². The Labute approximate surface area is 176 Å². The first-order valence-electron chi connectivity index (χ1n) is 11.0. The minimum atomic E-state index is -3.29. The van der Waals surface area contributed by atoms with Gasteiger partial charge in [0.15, 0.2) is 0 Å². The zero-order valence-corrected chi connectivity index (χ0v) is 19.9. The van der Waals surface area contributed by atoms with E-state index in [0.717, 1.165) is 16.9 Å². The standard InChI is InChI=1S/C23H38NO4P/c1-8-14-29(26,24-18(7)23(25)27-16(4)5)28-22-20(15(2)3)10-9-11-21(22)17(6)19-12-13-19/h9-11,15-19H,8,12-14H2,1-7H3,(H,24,26)/t17-,18+,29?/m1/s1. The monoisotopic (exact) mass is 423 g/mol. The Morgan fingerprint density at radius 2 is 1.76 bits per heavy atom. The van der Waals surface area contributed by atoms with Crippen LogP contribution in [0.4, 0.5) is 0 Å². The molecule has 1 fully saturated rings. The quantitative estimate of drug-likeness (QED) is 0.337. The molecule has 29 heavy (non-hydrogen) atoms. The lowest BCUT2D eigenvalue weighted by molar-refractivity contribution is -0.149. The van der Waals surface area contributed by atoms with Gasteiger partial charge in [0, 0.05) is 6.16 Å². The van der Waals surface area contributed by atoms with Gasteiger partial charge in [-0.3, -0.25) is 9.36 Å². The maximum absolute atomic E-state index is 13.8. The number of rotatable bonds is 11. The SMILES string of the molecule is CCCP(=O)(N[C@@H](C)C(=O)OC(C)C)Oc1c(C(C)C)cccc1[C@H](C)C1CC1. The summed E-state index contributed by atoms with van der Waals surface area (Å²) in [5.41, 5.74) is 2.18. The third-order valence-electron chi connectivity index (χ3n) is 5.37. The largest absolute Gasteiger partial charge is 0.462 e. The van der Waals surface area contributed by atoms with Crippen molar-refractivity contribution in [1.82, 2.24) is 5.09 Å². The van der Waals surface area contributed by atoms with Crippen LogP contribution in [-0.2, 0) is 14.1 Å². The molecule has 5 nitrogen and oxygen atoms in total. The molecule has 1 aromatic rings. The van der Waals surface area contributed by atoms with Gasteiger partial charge < -0.3 is 9.26 Å². The van der Waals surface area contributed by atoms with Crippen molar-refractivity contribution in [3.05, 3.63) is 29.3 Å². The van der Waals surface area contributed by atoms with Crippen LogP contribution in [-0.4, -0.2) is 24.3 Å². The summed E-state index contributed by atoms with van der Waals surface area (Å²) < 4.78 is 25.4. The van der Waals surface area contributed by atoms with E-state index in [2.05, 4.69) is 44.1 Å². The third-order valence-corrected chi connectivity index (χ3v) is 7.66. The van der Waals surface area contributed by atoms with Crippen LogP contribution in [0.2, 0.25) is 0 Å². The molecule has 0 heterocycles. The fourth-order valence-corrected chi connectivity index (χ4v) is 5.67. The van der Waals surface area contributed by atoms with E-state index in [-0.39, 0.29) is 12.0 Å². The van der Waals surface area contributed by atoms with Crippen LogP contribution in [0.25, 0.3) is 0 Å². The van der Waals surface area contributed by atoms with Gasteiger partial charge in [0.1, 0.15) is 11.8 Å². The Morgan fingerprint density at radius 3 is 2.28 bits per heavy atom. The Bertz CT molecular complexity index is 742. The van der Waals surface area contributed by atoms with E-state index < -0.39 is 19.5 Å². The first-order valence-corrected chi connectivity index (χ1v) is 12.8. The zero-order valence-electron chi connectivity index (χ0n) is 19.0. The van der Waals surface area contributed by atoms with Gasteiger partial charge in [0.2, 0.25) is 0 Å². The van der Waals surface area contributed by atoms with E-state index in [0.29, 0.717) is 24.4 Å². The topological polar surface area (TPSA) is 64.6 Å². The molecule has 1 aliphatic carbocycles. The fourth-order valence-electron chi connectivity index (χ4n) is 3.60. The Morgan fingerprint density at radius 1 is 1.14 bits per heavy atom. The normalized spacial score (nSPS) is 18.4. The highest BCUT2D eigenvalue weighted by atomic mass is 31.2. The van der Waals surface area contributed by atoms with Gasteiger partial charge in [-0.25, -0.2) is 5.09 Å². The van der Waals surface area contributed by atoms with Gasteiger partial charge in [-0.05, 0) is 68.9 Å². The second-order valence-corrected chi connectivity index (χ2v) is 11.1. The Kier molecular flexibility index (Phi) is 8.37. The van der Waals surface area contributed by atoms with E-state index in [9.17, 15) is 9.36 Å². The lowest BCUT2D eigenvalue weighted by Crippen LogP contribution is -2.36. The molecule has 0 radical (unpaired) electrons. The molecule has 0 saturated heterocycles. The van der Waals surface area contributed by atoms with Crippen molar-refractivity contribution in [3.8, 4) is 5.75 Å². The van der Waals surface area contributed by atoms with Crippen molar-refractivity contribution < 1.29 is 18.6 Å². The Hall–Kier alpha value is -1.32. The summed E-state index contributed by atoms with van der Waals surface area (Å²) in [5.74, 6) is 1.59. The van der Waals surface area contributed by atoms with Gasteiger partial charge in [-0.1, -0.05) is 45.9 Å². The molecule has 1 saturated carbocycles. The molecule has 0 aliphatic heterocycles. The van der Waals surface area contributed by atoms with E-state index >= 15 is 0 Å². The second kappa shape index (κ2) is 10.1. The first kappa shape index (κ1) is 24.0. The number of carbonyl (C=O) groups excluding carboxylic acids is 1. The molecule has 164 valence electrons. The summed E-state index contributed by atoms with van der Waals surface area (Å²) in [5, 5.41) is 2.98. The first-order chi connectivity index (χ1) is 13.6. The summed E-state index contributed by atoms with van der Waals surface area (Å²) in [6, 6.07) is 5.51. The number of carbonyl (C=O) groups is 1. The van der Waals surface area contributed by atoms with Crippen molar-refractivity contribution in [2.75, 3.05) is 6.16 Å². The maximum Gasteiger partial charge on any atom is 0.323 e. The lowest BCUT2D eigenvalue weighted by atomic mass is 9.90. The van der Waals surface area contributed by atoms with Crippen LogP contribution in [0.1, 0.15) is 90.7 Å². The van der Waals surface area contributed by atoms with Gasteiger partial charge in [-0.15, -0.1) is 0 Å². The number of nitrogens with one attached hydrogen (secondary N) is 1. The van der Waals surface area contributed by atoms with E-state index in [1.165, 1.54) is 12.8 Å². The van der Waals surface area contributed by atoms with Crippen LogP contribution < -0.4 is 9.61 Å². The number of hydrogen-bond donors (Lipinski definition) is 1. The molecule has 0 aromatic heterocycles. The van der Waals surface area contributed by atoms with Crippen LogP contribution in [0.3, 0.4) is 0 Å². The van der Waals surface area contributed by atoms with Crippen molar-refractivity contribution in [1.29, 1.82) is 0 Å². The molecule has 1 aliphatic rings. The molecule has 0 spiro atoms. The average Bonchev–Trinajstić information content (AvgIpc) is 3.45. The number of para-hydroxylation sites is 1. The van der Waals surface area contributed by atoms with Crippen molar-refractivity contribution in [2.24, 2.45) is 5.92 Å². The van der Waals surface area contributed by atoms with Gasteiger partial charge in [0.05, 0.1) is 6.10 Å². The summed E-state index contributed by atoms with van der Waals surface area (Å²) in [7, 11) is -3.29. The Balaban J connectivity index is 2.35. The maximum atomic E-state index is 13.8. The summed E-state index contributed by atoms with van der Waals surface area (Å²) in [6.45, 7) is 13.7. The number of benzene rings is 1. The minimum absolute atomic E-state index is 0.217. The number of ether oxygens (including phenoxy) is 1. The highest BCUT2D eigenvalue weighted by Gasteiger charge is 2.35. The number of hydrogen-bond acceptors (Lipinski definition) is 4. The van der Waals surface area contributed by atoms with E-state index in [1.54, 1.807) is 20.8 Å². The summed E-state index contributed by atoms with van der Waals surface area (Å²) in [4.78, 5) is 12.3. The van der Waals surface area contributed by atoms with Crippen LogP contribution in [0.15, 0.2) is 18.2 Å². The molecule has 1 N–H and O–H groups in total. The van der Waals surface area contributed by atoms with E-state index in [1.807, 2.05) is 6.92 Å². The molecule has 0 bridgehead atoms. The van der Waals surface area contributed by atoms with Crippen LogP contribution in [0.5, 0.6) is 5.75 Å². The second-order valence-electron chi connectivity index (χ2n) is 8.87. The molecular formula is C23H38NO4P. The average molecular weight is 424 g/mol.